The summed E-state index contributed by atoms with van der Waals surface area (Å²) in [6, 6.07) is 8.59. The lowest BCUT2D eigenvalue weighted by Crippen LogP contribution is -2.32. The number of hydrogen-bond acceptors (Lipinski definition) is 5. The average Bonchev–Trinajstić information content (AvgIpc) is 2.53. The summed E-state index contributed by atoms with van der Waals surface area (Å²) < 4.78 is 8.33. The summed E-state index contributed by atoms with van der Waals surface area (Å²) in [4.78, 5) is 27.7. The van der Waals surface area contributed by atoms with Crippen LogP contribution in [-0.4, -0.2) is 15.3 Å². The molecule has 1 atom stereocenters. The second kappa shape index (κ2) is 6.60. The normalized spacial score (nSPS) is 16.1. The molecule has 26 heavy (non-hydrogen) atoms. The second-order valence-electron chi connectivity index (χ2n) is 6.52. The third kappa shape index (κ3) is 3.65. The molecule has 8 heteroatoms. The Morgan fingerprint density at radius 3 is 2.69 bits per heavy atom. The topological polar surface area (TPSA) is 83.6 Å². The zero-order chi connectivity index (χ0) is 19.1. The highest BCUT2D eigenvalue weighted by Crippen LogP contribution is 2.37. The van der Waals surface area contributed by atoms with Gasteiger partial charge < -0.3 is 9.57 Å². The second-order valence-corrected chi connectivity index (χ2v) is 7.43. The molecule has 0 radical (unpaired) electrons. The summed E-state index contributed by atoms with van der Waals surface area (Å²) in [5, 5.41) is 9.63. The maximum absolute atomic E-state index is 12.7. The Bertz CT molecular complexity index is 964. The van der Waals surface area contributed by atoms with Crippen LogP contribution in [0.3, 0.4) is 0 Å². The van der Waals surface area contributed by atoms with Gasteiger partial charge in [0.05, 0.1) is 5.70 Å². The van der Waals surface area contributed by atoms with E-state index in [-0.39, 0.29) is 5.56 Å². The standard InChI is InChI=1S/C18H17BrN2O5/c1-11(26-21(23)24)12-6-7-20(17(22)8-12)15-10-18(2,3)25-16-5-4-13(19)9-14(15)16/h4-11H,1-3H3. The van der Waals surface area contributed by atoms with Crippen molar-refractivity contribution >= 4 is 21.6 Å². The van der Waals surface area contributed by atoms with Crippen molar-refractivity contribution in [2.45, 2.75) is 32.5 Å². The fourth-order valence-corrected chi connectivity index (χ4v) is 3.21. The fraction of sp³-hybridized carbons (Fsp3) is 0.278. The molecule has 0 saturated heterocycles. The minimum Gasteiger partial charge on any atom is -0.483 e. The Kier molecular flexibility index (Phi) is 4.62. The summed E-state index contributed by atoms with van der Waals surface area (Å²) >= 11 is 3.44. The fourth-order valence-electron chi connectivity index (χ4n) is 2.85. The van der Waals surface area contributed by atoms with E-state index in [1.807, 2.05) is 38.1 Å². The Morgan fingerprint density at radius 1 is 1.31 bits per heavy atom. The molecule has 1 aliphatic heterocycles. The monoisotopic (exact) mass is 420 g/mol. The third-order valence-electron chi connectivity index (χ3n) is 3.99. The molecule has 0 bridgehead atoms. The van der Waals surface area contributed by atoms with E-state index in [0.29, 0.717) is 17.0 Å². The van der Waals surface area contributed by atoms with Gasteiger partial charge in [-0.2, -0.15) is 0 Å². The predicted octanol–water partition coefficient (Wildman–Crippen LogP) is 3.94. The zero-order valence-electron chi connectivity index (χ0n) is 14.4. The molecule has 1 aromatic heterocycles. The van der Waals surface area contributed by atoms with Gasteiger partial charge in [-0.25, -0.2) is 0 Å². The Labute approximate surface area is 158 Å². The molecule has 0 saturated carbocycles. The SMILES string of the molecule is CC(O[N+](=O)[O-])c1ccn(C2=CC(C)(C)Oc3ccc(Br)cc32)c(=O)c1. The van der Waals surface area contributed by atoms with Gasteiger partial charge in [-0.3, -0.25) is 9.36 Å². The van der Waals surface area contributed by atoms with E-state index in [9.17, 15) is 14.9 Å². The summed E-state index contributed by atoms with van der Waals surface area (Å²) in [6.45, 7) is 5.33. The molecule has 1 aliphatic rings. The van der Waals surface area contributed by atoms with Gasteiger partial charge in [0.25, 0.3) is 10.6 Å². The smallest absolute Gasteiger partial charge is 0.295 e. The van der Waals surface area contributed by atoms with Gasteiger partial charge in [-0.05, 0) is 56.7 Å². The van der Waals surface area contributed by atoms with E-state index in [4.69, 9.17) is 4.74 Å². The Balaban J connectivity index is 2.08. The van der Waals surface area contributed by atoms with Crippen molar-refractivity contribution in [2.75, 3.05) is 0 Å². The van der Waals surface area contributed by atoms with Crippen molar-refractivity contribution < 1.29 is 14.7 Å². The minimum absolute atomic E-state index is 0.309. The van der Waals surface area contributed by atoms with E-state index < -0.39 is 16.8 Å². The molecule has 0 spiro atoms. The van der Waals surface area contributed by atoms with Crippen molar-refractivity contribution in [3.63, 3.8) is 0 Å². The number of ether oxygens (including phenoxy) is 1. The highest BCUT2D eigenvalue weighted by molar-refractivity contribution is 9.10. The lowest BCUT2D eigenvalue weighted by atomic mass is 9.99. The number of nitrogens with zero attached hydrogens (tertiary/aromatic N) is 2. The van der Waals surface area contributed by atoms with Crippen molar-refractivity contribution in [2.24, 2.45) is 0 Å². The molecule has 0 amide bonds. The zero-order valence-corrected chi connectivity index (χ0v) is 16.0. The summed E-state index contributed by atoms with van der Waals surface area (Å²) in [6.07, 6.45) is 2.64. The van der Waals surface area contributed by atoms with Gasteiger partial charge in [0.15, 0.2) is 0 Å². The van der Waals surface area contributed by atoms with Crippen LogP contribution in [0.4, 0.5) is 0 Å². The van der Waals surface area contributed by atoms with Crippen LogP contribution >= 0.6 is 15.9 Å². The van der Waals surface area contributed by atoms with Gasteiger partial charge >= 0.3 is 0 Å². The minimum atomic E-state index is -0.868. The van der Waals surface area contributed by atoms with Crippen LogP contribution < -0.4 is 10.3 Å². The lowest BCUT2D eigenvalue weighted by molar-refractivity contribution is -0.770. The van der Waals surface area contributed by atoms with Crippen LogP contribution in [0.1, 0.15) is 38.0 Å². The van der Waals surface area contributed by atoms with Gasteiger partial charge in [0.2, 0.25) is 0 Å². The largest absolute Gasteiger partial charge is 0.483 e. The number of halogens is 1. The predicted molar refractivity (Wildman–Crippen MR) is 99.4 cm³/mol. The molecule has 0 fully saturated rings. The maximum atomic E-state index is 12.7. The molecule has 7 nitrogen and oxygen atoms in total. The molecule has 0 aliphatic carbocycles. The van der Waals surface area contributed by atoms with Crippen molar-refractivity contribution in [3.8, 4) is 5.75 Å². The van der Waals surface area contributed by atoms with E-state index in [1.54, 1.807) is 12.3 Å². The first-order chi connectivity index (χ1) is 12.2. The van der Waals surface area contributed by atoms with E-state index in [1.165, 1.54) is 17.6 Å². The van der Waals surface area contributed by atoms with Gasteiger partial charge in [0, 0.05) is 22.3 Å². The number of benzene rings is 1. The Morgan fingerprint density at radius 2 is 2.04 bits per heavy atom. The number of hydrogen-bond donors (Lipinski definition) is 0. The van der Waals surface area contributed by atoms with Crippen LogP contribution in [-0.2, 0) is 4.84 Å². The van der Waals surface area contributed by atoms with Crippen LogP contribution in [0.2, 0.25) is 0 Å². The third-order valence-corrected chi connectivity index (χ3v) is 4.48. The maximum Gasteiger partial charge on any atom is 0.295 e. The van der Waals surface area contributed by atoms with Crippen molar-refractivity contribution in [1.82, 2.24) is 4.57 Å². The van der Waals surface area contributed by atoms with Crippen molar-refractivity contribution in [3.05, 3.63) is 78.7 Å². The number of rotatable bonds is 4. The van der Waals surface area contributed by atoms with Crippen LogP contribution in [0.5, 0.6) is 5.75 Å². The molecule has 2 aromatic rings. The van der Waals surface area contributed by atoms with Gasteiger partial charge in [0.1, 0.15) is 17.5 Å². The van der Waals surface area contributed by atoms with Crippen LogP contribution in [0, 0.1) is 10.1 Å². The summed E-state index contributed by atoms with van der Waals surface area (Å²) in [5.74, 6) is 0.678. The van der Waals surface area contributed by atoms with Gasteiger partial charge in [-0.15, -0.1) is 10.1 Å². The molecule has 1 aromatic carbocycles. The molecule has 136 valence electrons. The highest BCUT2D eigenvalue weighted by atomic mass is 79.9. The molecular weight excluding hydrogens is 404 g/mol. The Hall–Kier alpha value is -2.61. The molecule has 2 heterocycles. The van der Waals surface area contributed by atoms with E-state index in [2.05, 4.69) is 20.8 Å². The first-order valence-electron chi connectivity index (χ1n) is 7.92. The van der Waals surface area contributed by atoms with Gasteiger partial charge in [-0.1, -0.05) is 15.9 Å². The quantitative estimate of drug-likeness (QED) is 0.552. The van der Waals surface area contributed by atoms with Crippen LogP contribution in [0.15, 0.2) is 51.9 Å². The average molecular weight is 421 g/mol. The lowest BCUT2D eigenvalue weighted by Gasteiger charge is -2.31. The van der Waals surface area contributed by atoms with E-state index in [0.717, 1.165) is 10.0 Å². The molecule has 3 rings (SSSR count). The molecule has 0 N–H and O–H groups in total. The first-order valence-corrected chi connectivity index (χ1v) is 8.71. The number of pyridine rings is 1. The van der Waals surface area contributed by atoms with Crippen molar-refractivity contribution in [1.29, 1.82) is 0 Å². The summed E-state index contributed by atoms with van der Waals surface area (Å²) in [7, 11) is 0. The number of aromatic nitrogens is 1. The molecular formula is C18H17BrN2O5. The molecule has 1 unspecified atom stereocenters. The number of fused-ring (bicyclic) bond motifs is 1. The summed E-state index contributed by atoms with van der Waals surface area (Å²) in [5.41, 5.74) is 1.01. The first kappa shape index (κ1) is 18.2. The van der Waals surface area contributed by atoms with E-state index >= 15 is 0 Å². The van der Waals surface area contributed by atoms with Crippen LogP contribution in [0.25, 0.3) is 5.70 Å². The highest BCUT2D eigenvalue weighted by Gasteiger charge is 2.28.